The molecule has 0 unspecified atom stereocenters. The van der Waals surface area contributed by atoms with E-state index >= 15 is 0 Å². The number of nitrogens with two attached hydrogens (primary N) is 1. The van der Waals surface area contributed by atoms with Crippen LogP contribution in [0.25, 0.3) is 10.9 Å². The molecule has 3 heterocycles. The van der Waals surface area contributed by atoms with Crippen molar-refractivity contribution in [3.05, 3.63) is 71.9 Å². The molecule has 1 aromatic heterocycles. The number of halogens is 1. The Morgan fingerprint density at radius 2 is 1.51 bits per heavy atom. The van der Waals surface area contributed by atoms with Crippen molar-refractivity contribution in [1.29, 1.82) is 0 Å². The van der Waals surface area contributed by atoms with Crippen molar-refractivity contribution in [2.75, 3.05) is 32.1 Å². The zero-order valence-electron chi connectivity index (χ0n) is 31.2. The van der Waals surface area contributed by atoms with Gasteiger partial charge in [-0.15, -0.1) is 11.6 Å². The SMILES string of the molecule is NC(=O)NCCC[C@H](NC(=O)[C@H](Cc1c[nH]c2ccccc12)NC(=O)[C@@H]1CCCCN1C(=O)[C@H](CCc1ccccc1)NC(=O)CCl)C(=O)N1CCCCC1. The third-order valence-corrected chi connectivity index (χ3v) is 10.6. The van der Waals surface area contributed by atoms with Gasteiger partial charge in [0.25, 0.3) is 0 Å². The van der Waals surface area contributed by atoms with Gasteiger partial charge in [-0.2, -0.15) is 0 Å². The van der Waals surface area contributed by atoms with Crippen molar-refractivity contribution >= 4 is 58.1 Å². The van der Waals surface area contributed by atoms with Crippen molar-refractivity contribution in [2.24, 2.45) is 5.73 Å². The van der Waals surface area contributed by atoms with Gasteiger partial charge in [-0.05, 0) is 81.4 Å². The Bertz CT molecular complexity index is 1780. The number of primary amides is 1. The molecule has 2 aliphatic rings. The summed E-state index contributed by atoms with van der Waals surface area (Å²) in [6.45, 7) is 1.71. The standard InChI is InChI=1S/C40H53ClN8O6/c41-25-35(50)45-32(19-18-27-12-3-1-4-13-27)39(54)49-23-10-7-17-34(49)37(52)47-33(24-28-26-44-30-15-6-5-14-29(28)30)36(51)46-31(16-11-20-43-40(42)55)38(53)48-21-8-2-9-22-48/h1,3-6,12-15,26,31-34,44H,2,7-11,16-25H2,(H,45,50)(H,46,51)(H,47,52)(H3,42,43,55)/t31-,32-,33-,34-/m0/s1. The lowest BCUT2D eigenvalue weighted by molar-refractivity contribution is -0.145. The van der Waals surface area contributed by atoms with E-state index in [2.05, 4.69) is 26.3 Å². The first-order chi connectivity index (χ1) is 26.6. The molecule has 0 aliphatic carbocycles. The summed E-state index contributed by atoms with van der Waals surface area (Å²) in [5.74, 6) is -2.44. The van der Waals surface area contributed by atoms with Crippen LogP contribution in [0, 0.1) is 0 Å². The number of likely N-dealkylation sites (tertiary alicyclic amines) is 2. The van der Waals surface area contributed by atoms with Crippen LogP contribution in [-0.4, -0.2) is 107 Å². The number of hydrogen-bond acceptors (Lipinski definition) is 6. The topological polar surface area (TPSA) is 199 Å². The van der Waals surface area contributed by atoms with Crippen LogP contribution in [0.4, 0.5) is 4.79 Å². The van der Waals surface area contributed by atoms with E-state index in [1.165, 1.54) is 4.90 Å². The lowest BCUT2D eigenvalue weighted by atomic mass is 9.97. The largest absolute Gasteiger partial charge is 0.361 e. The second kappa shape index (κ2) is 20.5. The van der Waals surface area contributed by atoms with Gasteiger partial charge in [0.1, 0.15) is 30.0 Å². The van der Waals surface area contributed by atoms with Gasteiger partial charge in [0, 0.05) is 49.7 Å². The number of aromatic nitrogens is 1. The van der Waals surface area contributed by atoms with Crippen LogP contribution in [-0.2, 0) is 36.8 Å². The number of benzene rings is 2. The number of hydrogen-bond donors (Lipinski definition) is 6. The summed E-state index contributed by atoms with van der Waals surface area (Å²) < 4.78 is 0. The highest BCUT2D eigenvalue weighted by molar-refractivity contribution is 6.27. The molecule has 3 aromatic rings. The van der Waals surface area contributed by atoms with Gasteiger partial charge >= 0.3 is 6.03 Å². The Kier molecular flexibility index (Phi) is 15.3. The predicted molar refractivity (Wildman–Crippen MR) is 210 cm³/mol. The van der Waals surface area contributed by atoms with Gasteiger partial charge in [0.15, 0.2) is 0 Å². The van der Waals surface area contributed by atoms with E-state index in [-0.39, 0.29) is 37.1 Å². The van der Waals surface area contributed by atoms with E-state index in [0.717, 1.165) is 41.3 Å². The Hall–Kier alpha value is -5.11. The van der Waals surface area contributed by atoms with Crippen molar-refractivity contribution in [1.82, 2.24) is 36.1 Å². The van der Waals surface area contributed by atoms with Crippen LogP contribution in [0.15, 0.2) is 60.8 Å². The maximum atomic E-state index is 14.3. The minimum absolute atomic E-state index is 0.113. The van der Waals surface area contributed by atoms with E-state index in [4.69, 9.17) is 17.3 Å². The Balaban J connectivity index is 1.37. The third-order valence-electron chi connectivity index (χ3n) is 10.4. The summed E-state index contributed by atoms with van der Waals surface area (Å²) >= 11 is 5.83. The fourth-order valence-corrected chi connectivity index (χ4v) is 7.57. The lowest BCUT2D eigenvalue weighted by Crippen LogP contribution is -2.61. The molecule has 2 aliphatic heterocycles. The number of rotatable bonds is 17. The molecule has 2 aromatic carbocycles. The number of fused-ring (bicyclic) bond motifs is 1. The minimum atomic E-state index is -1.10. The normalized spacial score (nSPS) is 17.4. The van der Waals surface area contributed by atoms with Gasteiger partial charge in [-0.25, -0.2) is 4.79 Å². The molecule has 7 N–H and O–H groups in total. The summed E-state index contributed by atoms with van der Waals surface area (Å²) in [5, 5.41) is 12.1. The number of alkyl halides is 1. The highest BCUT2D eigenvalue weighted by Crippen LogP contribution is 2.23. The first-order valence-corrected chi connectivity index (χ1v) is 19.9. The van der Waals surface area contributed by atoms with E-state index in [1.807, 2.05) is 54.6 Å². The Morgan fingerprint density at radius 1 is 0.800 bits per heavy atom. The molecule has 14 nitrogen and oxygen atoms in total. The molecule has 2 fully saturated rings. The highest BCUT2D eigenvalue weighted by atomic mass is 35.5. The van der Waals surface area contributed by atoms with Gasteiger partial charge in [0.2, 0.25) is 29.5 Å². The zero-order chi connectivity index (χ0) is 39.2. The van der Waals surface area contributed by atoms with Crippen molar-refractivity contribution in [2.45, 2.75) is 94.8 Å². The Labute approximate surface area is 326 Å². The van der Waals surface area contributed by atoms with Crippen molar-refractivity contribution in [3.8, 4) is 0 Å². The number of aryl methyl sites for hydroxylation is 1. The van der Waals surface area contributed by atoms with Crippen LogP contribution < -0.4 is 27.0 Å². The fourth-order valence-electron chi connectivity index (χ4n) is 7.49. The number of nitrogens with zero attached hydrogens (tertiary/aromatic N) is 2. The number of carbonyl (C=O) groups excluding carboxylic acids is 6. The van der Waals surface area contributed by atoms with Crippen LogP contribution >= 0.6 is 11.6 Å². The predicted octanol–water partition coefficient (Wildman–Crippen LogP) is 2.88. The summed E-state index contributed by atoms with van der Waals surface area (Å²) in [5.41, 5.74) is 7.91. The molecule has 2 saturated heterocycles. The maximum Gasteiger partial charge on any atom is 0.312 e. The first kappa shape index (κ1) is 41.1. The number of urea groups is 1. The van der Waals surface area contributed by atoms with Gasteiger partial charge in [-0.3, -0.25) is 24.0 Å². The zero-order valence-corrected chi connectivity index (χ0v) is 32.0. The molecular weight excluding hydrogens is 724 g/mol. The molecular formula is C40H53ClN8O6. The van der Waals surface area contributed by atoms with Crippen LogP contribution in [0.3, 0.4) is 0 Å². The molecule has 55 heavy (non-hydrogen) atoms. The monoisotopic (exact) mass is 776 g/mol. The molecule has 0 saturated carbocycles. The summed E-state index contributed by atoms with van der Waals surface area (Å²) in [6, 6.07) is 12.8. The number of H-pyrrole nitrogens is 1. The molecule has 5 rings (SSSR count). The molecule has 4 atom stereocenters. The second-order valence-corrected chi connectivity index (χ2v) is 14.6. The minimum Gasteiger partial charge on any atom is -0.361 e. The summed E-state index contributed by atoms with van der Waals surface area (Å²) in [7, 11) is 0. The van der Waals surface area contributed by atoms with Crippen LogP contribution in [0.2, 0.25) is 0 Å². The average Bonchev–Trinajstić information content (AvgIpc) is 3.62. The van der Waals surface area contributed by atoms with E-state index in [1.54, 1.807) is 11.1 Å². The molecule has 0 spiro atoms. The first-order valence-electron chi connectivity index (χ1n) is 19.3. The molecule has 296 valence electrons. The van der Waals surface area contributed by atoms with E-state index < -0.39 is 47.9 Å². The number of nitrogens with one attached hydrogen (secondary N) is 5. The number of aromatic amines is 1. The summed E-state index contributed by atoms with van der Waals surface area (Å²) in [6.07, 6.45) is 7.88. The highest BCUT2D eigenvalue weighted by Gasteiger charge is 2.38. The molecule has 0 bridgehead atoms. The van der Waals surface area contributed by atoms with E-state index in [0.29, 0.717) is 58.2 Å². The van der Waals surface area contributed by atoms with Crippen LogP contribution in [0.5, 0.6) is 0 Å². The van der Waals surface area contributed by atoms with Crippen LogP contribution in [0.1, 0.15) is 68.9 Å². The lowest BCUT2D eigenvalue weighted by Gasteiger charge is -2.38. The number of carbonyl (C=O) groups is 6. The number of piperidine rings is 2. The van der Waals surface area contributed by atoms with Gasteiger partial charge in [-0.1, -0.05) is 48.5 Å². The second-order valence-electron chi connectivity index (χ2n) is 14.3. The van der Waals surface area contributed by atoms with Gasteiger partial charge < -0.3 is 41.8 Å². The molecule has 0 radical (unpaired) electrons. The third kappa shape index (κ3) is 11.7. The van der Waals surface area contributed by atoms with Crippen molar-refractivity contribution in [3.63, 3.8) is 0 Å². The van der Waals surface area contributed by atoms with E-state index in [9.17, 15) is 28.8 Å². The fraction of sp³-hybridized carbons (Fsp3) is 0.500. The number of amides is 7. The Morgan fingerprint density at radius 3 is 2.25 bits per heavy atom. The molecule has 15 heteroatoms. The van der Waals surface area contributed by atoms with Crippen molar-refractivity contribution < 1.29 is 28.8 Å². The summed E-state index contributed by atoms with van der Waals surface area (Å²) in [4.78, 5) is 86.9. The molecule has 7 amide bonds. The number of para-hydroxylation sites is 1. The average molecular weight is 777 g/mol. The quantitative estimate of drug-likeness (QED) is 0.0900. The smallest absolute Gasteiger partial charge is 0.312 e. The van der Waals surface area contributed by atoms with Gasteiger partial charge in [0.05, 0.1) is 0 Å². The maximum absolute atomic E-state index is 14.3.